The van der Waals surface area contributed by atoms with Crippen LogP contribution >= 0.6 is 0 Å². The van der Waals surface area contributed by atoms with Gasteiger partial charge in [-0.05, 0) is 75.3 Å². The Kier molecular flexibility index (Phi) is 5.99. The van der Waals surface area contributed by atoms with Crippen LogP contribution in [0.15, 0.2) is 42.5 Å². The molecule has 1 fully saturated rings. The number of amides is 2. The Balaban J connectivity index is 1.66. The molecule has 1 aliphatic heterocycles. The summed E-state index contributed by atoms with van der Waals surface area (Å²) in [6.07, 6.45) is 2.13. The minimum absolute atomic E-state index is 0.00449. The van der Waals surface area contributed by atoms with Crippen LogP contribution in [0.2, 0.25) is 0 Å². The Hall–Kier alpha value is -2.86. The van der Waals surface area contributed by atoms with E-state index in [9.17, 15) is 9.59 Å². The molecule has 6 nitrogen and oxygen atoms in total. The number of likely N-dealkylation sites (tertiary alicyclic amines) is 1. The van der Waals surface area contributed by atoms with E-state index in [1.807, 2.05) is 24.9 Å². The SMILES string of the molecule is Cc1ccc(N)cc1C(=O)Nc1ccc(C(=O)N(C)C2CCCN(C)C2)cc1. The number of nitrogen functional groups attached to an aromatic ring is 1. The standard InChI is InChI=1S/C22H28N4O2/c1-15-6-9-17(23)13-20(15)21(27)24-18-10-7-16(8-11-18)22(28)26(3)19-5-4-12-25(2)14-19/h6-11,13,19H,4-5,12,14,23H2,1-3H3,(H,24,27). The first-order valence-electron chi connectivity index (χ1n) is 9.58. The Labute approximate surface area is 166 Å². The predicted octanol–water partition coefficient (Wildman–Crippen LogP) is 3.00. The number of carbonyl (C=O) groups is 2. The normalized spacial score (nSPS) is 17.2. The molecule has 0 aliphatic carbocycles. The summed E-state index contributed by atoms with van der Waals surface area (Å²) in [7, 11) is 3.95. The van der Waals surface area contributed by atoms with Gasteiger partial charge in [-0.1, -0.05) is 6.07 Å². The molecule has 1 aliphatic rings. The lowest BCUT2D eigenvalue weighted by Crippen LogP contribution is -2.47. The number of benzene rings is 2. The molecule has 2 aromatic rings. The molecule has 1 atom stereocenters. The van der Waals surface area contributed by atoms with Crippen LogP contribution in [0.1, 0.15) is 39.1 Å². The smallest absolute Gasteiger partial charge is 0.256 e. The zero-order valence-electron chi connectivity index (χ0n) is 16.7. The molecule has 0 saturated carbocycles. The van der Waals surface area contributed by atoms with Crippen molar-refractivity contribution in [2.24, 2.45) is 0 Å². The highest BCUT2D eigenvalue weighted by Gasteiger charge is 2.25. The third kappa shape index (κ3) is 4.51. The van der Waals surface area contributed by atoms with E-state index < -0.39 is 0 Å². The lowest BCUT2D eigenvalue weighted by atomic mass is 10.0. The average Bonchev–Trinajstić information content (AvgIpc) is 2.69. The highest BCUT2D eigenvalue weighted by Crippen LogP contribution is 2.19. The Morgan fingerprint density at radius 3 is 2.57 bits per heavy atom. The van der Waals surface area contributed by atoms with Crippen LogP contribution in [-0.4, -0.2) is 54.8 Å². The van der Waals surface area contributed by atoms with E-state index in [-0.39, 0.29) is 17.9 Å². The first-order valence-corrected chi connectivity index (χ1v) is 9.58. The zero-order chi connectivity index (χ0) is 20.3. The summed E-state index contributed by atoms with van der Waals surface area (Å²) in [5, 5.41) is 2.86. The molecule has 0 aromatic heterocycles. The monoisotopic (exact) mass is 380 g/mol. The maximum Gasteiger partial charge on any atom is 0.256 e. The number of carbonyl (C=O) groups excluding carboxylic acids is 2. The van der Waals surface area contributed by atoms with Gasteiger partial charge in [0.05, 0.1) is 0 Å². The van der Waals surface area contributed by atoms with Crippen LogP contribution < -0.4 is 11.1 Å². The van der Waals surface area contributed by atoms with Crippen molar-refractivity contribution in [3.8, 4) is 0 Å². The van der Waals surface area contributed by atoms with E-state index in [1.165, 1.54) is 0 Å². The van der Waals surface area contributed by atoms with E-state index in [0.717, 1.165) is 31.5 Å². The number of rotatable bonds is 4. The van der Waals surface area contributed by atoms with Crippen LogP contribution in [0.3, 0.4) is 0 Å². The number of nitrogens with one attached hydrogen (secondary N) is 1. The number of hydrogen-bond acceptors (Lipinski definition) is 4. The Bertz CT molecular complexity index is 863. The maximum absolute atomic E-state index is 12.8. The van der Waals surface area contributed by atoms with E-state index in [4.69, 9.17) is 5.73 Å². The second kappa shape index (κ2) is 8.44. The van der Waals surface area contributed by atoms with Crippen molar-refractivity contribution in [1.82, 2.24) is 9.80 Å². The summed E-state index contributed by atoms with van der Waals surface area (Å²) in [5.74, 6) is -0.212. The van der Waals surface area contributed by atoms with E-state index >= 15 is 0 Å². The number of nitrogens with two attached hydrogens (primary N) is 1. The van der Waals surface area contributed by atoms with Gasteiger partial charge >= 0.3 is 0 Å². The largest absolute Gasteiger partial charge is 0.399 e. The van der Waals surface area contributed by atoms with E-state index in [2.05, 4.69) is 17.3 Å². The average molecular weight is 380 g/mol. The van der Waals surface area contributed by atoms with Crippen molar-refractivity contribution < 1.29 is 9.59 Å². The van der Waals surface area contributed by atoms with Gasteiger partial charge in [0.2, 0.25) is 0 Å². The number of nitrogens with zero attached hydrogens (tertiary/aromatic N) is 2. The van der Waals surface area contributed by atoms with Crippen molar-refractivity contribution >= 4 is 23.2 Å². The van der Waals surface area contributed by atoms with Gasteiger partial charge in [0.1, 0.15) is 0 Å². The van der Waals surface area contributed by atoms with Crippen molar-refractivity contribution in [1.29, 1.82) is 0 Å². The number of likely N-dealkylation sites (N-methyl/N-ethyl adjacent to an activating group) is 2. The second-order valence-corrected chi connectivity index (χ2v) is 7.58. The van der Waals surface area contributed by atoms with E-state index in [1.54, 1.807) is 36.4 Å². The van der Waals surface area contributed by atoms with Crippen molar-refractivity contribution in [3.63, 3.8) is 0 Å². The molecule has 1 heterocycles. The summed E-state index contributed by atoms with van der Waals surface area (Å²) < 4.78 is 0. The summed E-state index contributed by atoms with van der Waals surface area (Å²) in [4.78, 5) is 29.4. The molecule has 1 saturated heterocycles. The lowest BCUT2D eigenvalue weighted by molar-refractivity contribution is 0.0644. The molecule has 2 amide bonds. The quantitative estimate of drug-likeness (QED) is 0.800. The van der Waals surface area contributed by atoms with Gasteiger partial charge in [-0.15, -0.1) is 0 Å². The fourth-order valence-electron chi connectivity index (χ4n) is 3.60. The molecule has 0 spiro atoms. The first kappa shape index (κ1) is 19.9. The third-order valence-corrected chi connectivity index (χ3v) is 5.36. The number of aryl methyl sites for hydroxylation is 1. The molecule has 148 valence electrons. The lowest BCUT2D eigenvalue weighted by Gasteiger charge is -2.35. The third-order valence-electron chi connectivity index (χ3n) is 5.36. The fraction of sp³-hybridized carbons (Fsp3) is 0.364. The number of hydrogen-bond donors (Lipinski definition) is 2. The molecule has 3 N–H and O–H groups in total. The zero-order valence-corrected chi connectivity index (χ0v) is 16.7. The summed E-state index contributed by atoms with van der Waals surface area (Å²) in [6, 6.07) is 12.5. The molecule has 1 unspecified atom stereocenters. The summed E-state index contributed by atoms with van der Waals surface area (Å²) in [6.45, 7) is 3.85. The molecule has 28 heavy (non-hydrogen) atoms. The van der Waals surface area contributed by atoms with Gasteiger partial charge in [-0.2, -0.15) is 0 Å². The van der Waals surface area contributed by atoms with Gasteiger partial charge < -0.3 is 20.9 Å². The molecule has 2 aromatic carbocycles. The topological polar surface area (TPSA) is 78.7 Å². The van der Waals surface area contributed by atoms with Crippen molar-refractivity contribution in [3.05, 3.63) is 59.2 Å². The van der Waals surface area contributed by atoms with Gasteiger partial charge in [0.25, 0.3) is 11.8 Å². The van der Waals surface area contributed by atoms with Crippen LogP contribution in [0.4, 0.5) is 11.4 Å². The highest BCUT2D eigenvalue weighted by molar-refractivity contribution is 6.06. The van der Waals surface area contributed by atoms with E-state index in [0.29, 0.717) is 22.5 Å². The predicted molar refractivity (Wildman–Crippen MR) is 113 cm³/mol. The summed E-state index contributed by atoms with van der Waals surface area (Å²) in [5.41, 5.74) is 9.00. The molecule has 3 rings (SSSR count). The van der Waals surface area contributed by atoms with Gasteiger partial charge in [-0.3, -0.25) is 9.59 Å². The molecule has 0 bridgehead atoms. The Morgan fingerprint density at radius 2 is 1.89 bits per heavy atom. The van der Waals surface area contributed by atoms with Crippen LogP contribution in [0, 0.1) is 6.92 Å². The maximum atomic E-state index is 12.8. The minimum atomic E-state index is -0.216. The van der Waals surface area contributed by atoms with Gasteiger partial charge in [0, 0.05) is 42.1 Å². The molecular formula is C22H28N4O2. The number of anilines is 2. The Morgan fingerprint density at radius 1 is 1.18 bits per heavy atom. The van der Waals surface area contributed by atoms with Crippen molar-refractivity contribution in [2.45, 2.75) is 25.8 Å². The molecular weight excluding hydrogens is 352 g/mol. The van der Waals surface area contributed by atoms with Crippen LogP contribution in [0.25, 0.3) is 0 Å². The first-order chi connectivity index (χ1) is 13.3. The van der Waals surface area contributed by atoms with Crippen LogP contribution in [-0.2, 0) is 0 Å². The molecule has 6 heteroatoms. The van der Waals surface area contributed by atoms with Gasteiger partial charge in [-0.25, -0.2) is 0 Å². The van der Waals surface area contributed by atoms with Gasteiger partial charge in [0.15, 0.2) is 0 Å². The van der Waals surface area contributed by atoms with Crippen molar-refractivity contribution in [2.75, 3.05) is 38.2 Å². The van der Waals surface area contributed by atoms with Crippen LogP contribution in [0.5, 0.6) is 0 Å². The fourth-order valence-corrected chi connectivity index (χ4v) is 3.60. The molecule has 0 radical (unpaired) electrons. The summed E-state index contributed by atoms with van der Waals surface area (Å²) >= 11 is 0. The second-order valence-electron chi connectivity index (χ2n) is 7.58. The number of piperidine rings is 1. The minimum Gasteiger partial charge on any atom is -0.399 e. The highest BCUT2D eigenvalue weighted by atomic mass is 16.2.